The van der Waals surface area contributed by atoms with Gasteiger partial charge in [0.25, 0.3) is 5.67 Å². The van der Waals surface area contributed by atoms with Gasteiger partial charge in [0, 0.05) is 36.1 Å². The molecular formula is C35H47BFN5O7. The number of carbonyl (C=O) groups is 3. The number of nitrogens with two attached hydrogens (primary N) is 1. The number of anilines is 1. The fourth-order valence-electron chi connectivity index (χ4n) is 7.28. The van der Waals surface area contributed by atoms with E-state index in [-0.39, 0.29) is 31.7 Å². The van der Waals surface area contributed by atoms with Gasteiger partial charge in [0.2, 0.25) is 6.41 Å². The maximum atomic E-state index is 16.1. The molecule has 2 fully saturated rings. The molecule has 0 saturated carbocycles. The van der Waals surface area contributed by atoms with Crippen molar-refractivity contribution in [2.45, 2.75) is 109 Å². The third kappa shape index (κ3) is 7.45. The summed E-state index contributed by atoms with van der Waals surface area (Å²) in [6.07, 6.45) is -0.723. The average molecular weight is 680 g/mol. The zero-order valence-corrected chi connectivity index (χ0v) is 29.5. The number of Topliss-reactive ketones (excluding diaryl/α,β-unsaturated/α-hetero) is 2. The highest BCUT2D eigenvalue weighted by atomic mass is 19.1. The lowest BCUT2D eigenvalue weighted by Crippen LogP contribution is -2.59. The number of nitrogen functional groups attached to an aromatic ring is 1. The van der Waals surface area contributed by atoms with E-state index in [9.17, 15) is 19.5 Å². The average Bonchev–Trinajstić information content (AvgIpc) is 3.64. The van der Waals surface area contributed by atoms with Crippen LogP contribution in [0, 0.1) is 29.6 Å². The number of ether oxygens (including phenoxy) is 3. The van der Waals surface area contributed by atoms with Crippen molar-refractivity contribution in [3.8, 4) is 23.1 Å². The summed E-state index contributed by atoms with van der Waals surface area (Å²) < 4.78 is 35.2. The molecule has 1 aromatic carbocycles. The van der Waals surface area contributed by atoms with Gasteiger partial charge in [-0.15, -0.1) is 5.10 Å². The second kappa shape index (κ2) is 14.7. The van der Waals surface area contributed by atoms with E-state index in [0.717, 1.165) is 12.5 Å². The topological polar surface area (TPSA) is 159 Å². The third-order valence-corrected chi connectivity index (χ3v) is 10.3. The Morgan fingerprint density at radius 2 is 1.82 bits per heavy atom. The van der Waals surface area contributed by atoms with Crippen LogP contribution < -0.4 is 5.73 Å². The standard InChI is InChI=1S/C35H47BFN5O7/c1-9-26-35(7)29(42(32(46)49-35)16-11-10-15-41-19-25(39-40-41)23-13-12-14-24(38)17-23)21(3)27(43)20(2)18-33(5,47-8)28(36)22(4)30(44)34(6,37)31(45)48-26/h12-14,17,19-22,26,28-29,32,46H,9,15-16,18,38H2,1-8H3/t20-,21+,22-,26-,28-,29-,32?,33-,34+,35-/m1/s1. The molecule has 2 saturated heterocycles. The number of hydrogen-bond acceptors (Lipinski definition) is 11. The highest BCUT2D eigenvalue weighted by Gasteiger charge is 2.60. The Bertz CT molecular complexity index is 1610. The lowest BCUT2D eigenvalue weighted by molar-refractivity contribution is -0.210. The van der Waals surface area contributed by atoms with E-state index in [0.29, 0.717) is 11.4 Å². The van der Waals surface area contributed by atoms with Crippen molar-refractivity contribution >= 4 is 31.1 Å². The summed E-state index contributed by atoms with van der Waals surface area (Å²) in [4.78, 5) is 42.5. The Morgan fingerprint density at radius 3 is 2.45 bits per heavy atom. The van der Waals surface area contributed by atoms with Gasteiger partial charge >= 0.3 is 5.97 Å². The number of methoxy groups -OCH3 is 1. The zero-order valence-electron chi connectivity index (χ0n) is 29.5. The minimum absolute atomic E-state index is 0.0356. The third-order valence-electron chi connectivity index (χ3n) is 10.3. The first-order valence-electron chi connectivity index (χ1n) is 16.5. The van der Waals surface area contributed by atoms with Crippen LogP contribution in [-0.2, 0) is 35.1 Å². The van der Waals surface area contributed by atoms with E-state index in [4.69, 9.17) is 27.8 Å². The van der Waals surface area contributed by atoms with Gasteiger partial charge in [-0.25, -0.2) is 18.8 Å². The van der Waals surface area contributed by atoms with Gasteiger partial charge in [-0.1, -0.05) is 56.9 Å². The van der Waals surface area contributed by atoms with Crippen molar-refractivity contribution in [1.82, 2.24) is 19.9 Å². The van der Waals surface area contributed by atoms with Crippen LogP contribution in [-0.4, -0.2) is 99.5 Å². The summed E-state index contributed by atoms with van der Waals surface area (Å²) in [6, 6.07) is 6.38. The number of cyclic esters (lactones) is 1. The van der Waals surface area contributed by atoms with E-state index >= 15 is 4.39 Å². The van der Waals surface area contributed by atoms with Crippen molar-refractivity contribution in [2.24, 2.45) is 17.8 Å². The number of nitrogens with zero attached hydrogens (tertiary/aromatic N) is 4. The molecule has 3 N–H and O–H groups in total. The number of rotatable bonds is 5. The fraction of sp³-hybridized carbons (Fsp3) is 0.629. The largest absolute Gasteiger partial charge is 0.457 e. The summed E-state index contributed by atoms with van der Waals surface area (Å²) in [5, 5.41) is 19.6. The highest BCUT2D eigenvalue weighted by Crippen LogP contribution is 2.44. The molecule has 3 heterocycles. The molecule has 49 heavy (non-hydrogen) atoms. The number of hydrogen-bond donors (Lipinski definition) is 2. The summed E-state index contributed by atoms with van der Waals surface area (Å²) in [5.41, 5.74) is 2.15. The monoisotopic (exact) mass is 679 g/mol. The number of alkyl halides is 1. The Hall–Kier alpha value is -3.64. The highest BCUT2D eigenvalue weighted by molar-refractivity contribution is 6.17. The Labute approximate surface area is 288 Å². The molecule has 1 aromatic heterocycles. The molecule has 1 unspecified atom stereocenters. The fourth-order valence-corrected chi connectivity index (χ4v) is 7.28. The number of aliphatic hydroxyl groups excluding tert-OH is 1. The number of aliphatic hydroxyl groups is 1. The molecule has 14 heteroatoms. The molecule has 10 atom stereocenters. The molecule has 0 aliphatic carbocycles. The van der Waals surface area contributed by atoms with Crippen LogP contribution in [0.2, 0.25) is 5.82 Å². The van der Waals surface area contributed by atoms with Crippen LogP contribution in [0.15, 0.2) is 30.5 Å². The molecular weight excluding hydrogens is 632 g/mol. The summed E-state index contributed by atoms with van der Waals surface area (Å²) in [6.45, 7) is 10.9. The van der Waals surface area contributed by atoms with Gasteiger partial charge < -0.3 is 25.1 Å². The van der Waals surface area contributed by atoms with Crippen molar-refractivity contribution in [1.29, 1.82) is 0 Å². The SMILES string of the molecule is [B][C@@H]1[C@@H](C)C(=O)[C@](C)(F)C(=O)O[C@H](CC)[C@@]2(C)OC(O)N(CC#CCn3cc(-c4cccc(N)c4)nn3)[C@@H]2[C@@H](C)C(=O)[C@H](C)C[C@@]1(C)OC. The molecule has 2 radical (unpaired) electrons. The van der Waals surface area contributed by atoms with E-state index in [1.54, 1.807) is 57.6 Å². The van der Waals surface area contributed by atoms with Crippen molar-refractivity contribution in [2.75, 3.05) is 19.4 Å². The maximum absolute atomic E-state index is 16.1. The second-order valence-electron chi connectivity index (χ2n) is 13.8. The number of ketones is 2. The predicted molar refractivity (Wildman–Crippen MR) is 180 cm³/mol. The first-order chi connectivity index (χ1) is 22.9. The molecule has 2 aliphatic heterocycles. The minimum atomic E-state index is -3.04. The number of esters is 1. The van der Waals surface area contributed by atoms with Gasteiger partial charge in [0.1, 0.15) is 29.7 Å². The van der Waals surface area contributed by atoms with Gasteiger partial charge in [0.15, 0.2) is 5.78 Å². The number of benzene rings is 1. The normalized spacial score (nSPS) is 36.4. The lowest BCUT2D eigenvalue weighted by Gasteiger charge is -2.44. The molecule has 2 aromatic rings. The molecule has 0 bridgehead atoms. The lowest BCUT2D eigenvalue weighted by atomic mass is 9.61. The summed E-state index contributed by atoms with van der Waals surface area (Å²) >= 11 is 0. The van der Waals surface area contributed by atoms with Crippen LogP contribution in [0.3, 0.4) is 0 Å². The van der Waals surface area contributed by atoms with Gasteiger partial charge in [-0.2, -0.15) is 0 Å². The van der Waals surface area contributed by atoms with E-state index in [2.05, 4.69) is 22.2 Å². The van der Waals surface area contributed by atoms with E-state index in [1.165, 1.54) is 18.9 Å². The minimum Gasteiger partial charge on any atom is -0.457 e. The van der Waals surface area contributed by atoms with Crippen LogP contribution in [0.4, 0.5) is 10.1 Å². The molecule has 264 valence electrons. The summed E-state index contributed by atoms with van der Waals surface area (Å²) in [5.74, 6) is -0.249. The van der Waals surface area contributed by atoms with Crippen molar-refractivity contribution in [3.63, 3.8) is 0 Å². The Balaban J connectivity index is 1.68. The van der Waals surface area contributed by atoms with Gasteiger partial charge in [-0.05, 0) is 51.6 Å². The number of carbonyl (C=O) groups excluding carboxylic acids is 3. The van der Waals surface area contributed by atoms with Gasteiger partial charge in [0.05, 0.1) is 32.2 Å². The quantitative estimate of drug-likeness (QED) is 0.157. The van der Waals surface area contributed by atoms with E-state index in [1.807, 2.05) is 12.1 Å². The molecule has 0 spiro atoms. The van der Waals surface area contributed by atoms with Crippen LogP contribution in [0.25, 0.3) is 11.3 Å². The van der Waals surface area contributed by atoms with E-state index < -0.39 is 70.8 Å². The zero-order chi connectivity index (χ0) is 36.5. The molecule has 12 nitrogen and oxygen atoms in total. The number of halogens is 1. The number of aromatic nitrogens is 3. The molecule has 0 amide bonds. The molecule has 4 rings (SSSR count). The first kappa shape index (κ1) is 38.2. The number of fused-ring (bicyclic) bond motifs is 1. The van der Waals surface area contributed by atoms with Crippen molar-refractivity contribution < 1.29 is 38.1 Å². The molecule has 2 aliphatic rings. The maximum Gasteiger partial charge on any atom is 0.351 e. The summed E-state index contributed by atoms with van der Waals surface area (Å²) in [7, 11) is 7.90. The van der Waals surface area contributed by atoms with Crippen LogP contribution in [0.5, 0.6) is 0 Å². The Morgan fingerprint density at radius 1 is 1.14 bits per heavy atom. The predicted octanol–water partition coefficient (Wildman–Crippen LogP) is 3.13. The van der Waals surface area contributed by atoms with Gasteiger partial charge in [-0.3, -0.25) is 9.59 Å². The van der Waals surface area contributed by atoms with Crippen molar-refractivity contribution in [3.05, 3.63) is 30.5 Å². The smallest absolute Gasteiger partial charge is 0.351 e. The van der Waals surface area contributed by atoms with Crippen LogP contribution in [0.1, 0.15) is 61.3 Å². The van der Waals surface area contributed by atoms with Crippen LogP contribution >= 0.6 is 0 Å². The first-order valence-corrected chi connectivity index (χ1v) is 16.5. The second-order valence-corrected chi connectivity index (χ2v) is 13.8. The Kier molecular flexibility index (Phi) is 11.4.